The first-order valence-electron chi connectivity index (χ1n) is 9.08. The summed E-state index contributed by atoms with van der Waals surface area (Å²) >= 11 is 0. The van der Waals surface area contributed by atoms with Gasteiger partial charge in [-0.2, -0.15) is 0 Å². The van der Waals surface area contributed by atoms with Gasteiger partial charge in [0, 0.05) is 6.04 Å². The van der Waals surface area contributed by atoms with E-state index in [9.17, 15) is 0 Å². The van der Waals surface area contributed by atoms with Crippen molar-refractivity contribution >= 4 is 0 Å². The second-order valence-corrected chi connectivity index (χ2v) is 8.19. The predicted octanol–water partition coefficient (Wildman–Crippen LogP) is 4.36. The number of hydrogen-bond donors (Lipinski definition) is 1. The molecule has 0 amide bonds. The first-order chi connectivity index (χ1) is 9.33. The van der Waals surface area contributed by atoms with Crippen molar-refractivity contribution in [3.05, 3.63) is 0 Å². The van der Waals surface area contributed by atoms with E-state index >= 15 is 0 Å². The Morgan fingerprint density at radius 1 is 0.526 bits per heavy atom. The Morgan fingerprint density at radius 3 is 2.00 bits per heavy atom. The van der Waals surface area contributed by atoms with Gasteiger partial charge in [0.2, 0.25) is 0 Å². The number of rotatable bonds is 0. The Morgan fingerprint density at radius 2 is 1.16 bits per heavy atom. The molecule has 4 aliphatic carbocycles. The average Bonchev–Trinajstić information content (AvgIpc) is 2.46. The lowest BCUT2D eigenvalue weighted by Crippen LogP contribution is -2.47. The van der Waals surface area contributed by atoms with Gasteiger partial charge in [-0.3, -0.25) is 0 Å². The zero-order valence-corrected chi connectivity index (χ0v) is 12.4. The van der Waals surface area contributed by atoms with Crippen LogP contribution in [0.4, 0.5) is 0 Å². The van der Waals surface area contributed by atoms with E-state index in [1.54, 1.807) is 32.1 Å². The Bertz CT molecular complexity index is 326. The van der Waals surface area contributed by atoms with Crippen LogP contribution in [0.3, 0.4) is 0 Å². The van der Waals surface area contributed by atoms with Crippen molar-refractivity contribution in [2.45, 2.75) is 76.7 Å². The quantitative estimate of drug-likeness (QED) is 0.689. The van der Waals surface area contributed by atoms with Crippen LogP contribution in [0.2, 0.25) is 0 Å². The van der Waals surface area contributed by atoms with Gasteiger partial charge in [0.25, 0.3) is 0 Å². The van der Waals surface area contributed by atoms with Gasteiger partial charge in [-0.25, -0.2) is 0 Å². The second-order valence-electron chi connectivity index (χ2n) is 8.19. The molecule has 4 fully saturated rings. The monoisotopic (exact) mass is 261 g/mol. The zero-order valence-electron chi connectivity index (χ0n) is 12.4. The van der Waals surface area contributed by atoms with Crippen molar-refractivity contribution in [3.8, 4) is 0 Å². The first-order valence-corrected chi connectivity index (χ1v) is 9.08. The van der Waals surface area contributed by atoms with Crippen LogP contribution in [0, 0.1) is 35.5 Å². The van der Waals surface area contributed by atoms with E-state index in [0.29, 0.717) is 6.04 Å². The summed E-state index contributed by atoms with van der Waals surface area (Å²) in [5.74, 6) is 6.55. The molecule has 4 aliphatic rings. The van der Waals surface area contributed by atoms with E-state index < -0.39 is 0 Å². The highest BCUT2D eigenvalue weighted by Crippen LogP contribution is 2.56. The molecule has 4 saturated carbocycles. The summed E-state index contributed by atoms with van der Waals surface area (Å²) in [6, 6.07) is 0.531. The third-order valence-electron chi connectivity index (χ3n) is 7.44. The number of fused-ring (bicyclic) bond motifs is 5. The molecule has 7 atom stereocenters. The lowest BCUT2D eigenvalue weighted by atomic mass is 9.51. The molecule has 0 spiro atoms. The summed E-state index contributed by atoms with van der Waals surface area (Å²) in [5, 5.41) is 0. The maximum atomic E-state index is 6.22. The minimum absolute atomic E-state index is 0.531. The molecular weight excluding hydrogens is 230 g/mol. The van der Waals surface area contributed by atoms with Crippen LogP contribution in [0.1, 0.15) is 70.6 Å². The van der Waals surface area contributed by atoms with E-state index in [4.69, 9.17) is 5.73 Å². The van der Waals surface area contributed by atoms with Crippen molar-refractivity contribution in [1.82, 2.24) is 0 Å². The maximum Gasteiger partial charge on any atom is 0.00416 e. The van der Waals surface area contributed by atoms with Crippen LogP contribution in [-0.2, 0) is 0 Å². The van der Waals surface area contributed by atoms with E-state index in [0.717, 1.165) is 35.5 Å². The fraction of sp³-hybridized carbons (Fsp3) is 1.00. The molecule has 19 heavy (non-hydrogen) atoms. The molecule has 4 rings (SSSR count). The Hall–Kier alpha value is -0.0400. The van der Waals surface area contributed by atoms with Crippen molar-refractivity contribution in [2.75, 3.05) is 0 Å². The van der Waals surface area contributed by atoms with Gasteiger partial charge in [-0.05, 0) is 86.9 Å². The number of nitrogens with two attached hydrogens (primary N) is 1. The topological polar surface area (TPSA) is 26.0 Å². The first kappa shape index (κ1) is 12.7. The Balaban J connectivity index is 1.52. The molecule has 6 unspecified atom stereocenters. The standard InChI is InChI=1S/C18H31N/c19-14-7-10-16-13(11-14)6-9-17-15-4-2-1-3-12(15)5-8-18(16)17/h12-18H,1-11,19H2/t12?,13?,14-,15?,16?,17?,18?/m1/s1. The van der Waals surface area contributed by atoms with Crippen LogP contribution >= 0.6 is 0 Å². The third-order valence-corrected chi connectivity index (χ3v) is 7.44. The van der Waals surface area contributed by atoms with E-state index in [1.165, 1.54) is 38.5 Å². The molecule has 0 heterocycles. The van der Waals surface area contributed by atoms with Gasteiger partial charge in [-0.1, -0.05) is 19.3 Å². The van der Waals surface area contributed by atoms with Crippen molar-refractivity contribution in [2.24, 2.45) is 41.2 Å². The van der Waals surface area contributed by atoms with E-state index in [2.05, 4.69) is 0 Å². The van der Waals surface area contributed by atoms with Crippen LogP contribution < -0.4 is 5.73 Å². The summed E-state index contributed by atoms with van der Waals surface area (Å²) in [6.45, 7) is 0. The molecule has 0 bridgehead atoms. The predicted molar refractivity (Wildman–Crippen MR) is 79.7 cm³/mol. The van der Waals surface area contributed by atoms with Crippen LogP contribution in [0.25, 0.3) is 0 Å². The molecular formula is C18H31N. The van der Waals surface area contributed by atoms with Crippen LogP contribution in [-0.4, -0.2) is 6.04 Å². The van der Waals surface area contributed by atoms with Gasteiger partial charge in [-0.15, -0.1) is 0 Å². The summed E-state index contributed by atoms with van der Waals surface area (Å²) in [4.78, 5) is 0. The van der Waals surface area contributed by atoms with Gasteiger partial charge in [0.15, 0.2) is 0 Å². The summed E-state index contributed by atoms with van der Waals surface area (Å²) < 4.78 is 0. The van der Waals surface area contributed by atoms with E-state index in [-0.39, 0.29) is 0 Å². The smallest absolute Gasteiger partial charge is 0.00416 e. The lowest BCUT2D eigenvalue weighted by Gasteiger charge is -2.54. The highest BCUT2D eigenvalue weighted by molar-refractivity contribution is 4.98. The second kappa shape index (κ2) is 5.06. The molecule has 0 radical (unpaired) electrons. The molecule has 1 nitrogen and oxygen atoms in total. The number of hydrogen-bond acceptors (Lipinski definition) is 1. The fourth-order valence-electron chi connectivity index (χ4n) is 6.68. The molecule has 0 saturated heterocycles. The highest BCUT2D eigenvalue weighted by Gasteiger charge is 2.48. The van der Waals surface area contributed by atoms with Crippen LogP contribution in [0.5, 0.6) is 0 Å². The van der Waals surface area contributed by atoms with Gasteiger partial charge >= 0.3 is 0 Å². The maximum absolute atomic E-state index is 6.22. The molecule has 2 N–H and O–H groups in total. The minimum atomic E-state index is 0.531. The summed E-state index contributed by atoms with van der Waals surface area (Å²) in [7, 11) is 0. The van der Waals surface area contributed by atoms with Gasteiger partial charge in [0.1, 0.15) is 0 Å². The molecule has 0 aliphatic heterocycles. The molecule has 0 aromatic rings. The van der Waals surface area contributed by atoms with E-state index in [1.807, 2.05) is 0 Å². The fourth-order valence-corrected chi connectivity index (χ4v) is 6.68. The van der Waals surface area contributed by atoms with Crippen molar-refractivity contribution in [3.63, 3.8) is 0 Å². The SMILES string of the molecule is N[C@@H]1CCC2C(CCC3C4CCCCC4CCC23)C1. The van der Waals surface area contributed by atoms with Gasteiger partial charge < -0.3 is 5.73 Å². The zero-order chi connectivity index (χ0) is 12.8. The minimum Gasteiger partial charge on any atom is -0.328 e. The normalized spacial score (nSPS) is 53.8. The molecule has 1 heteroatoms. The van der Waals surface area contributed by atoms with Crippen molar-refractivity contribution in [1.29, 1.82) is 0 Å². The molecule has 0 aromatic carbocycles. The van der Waals surface area contributed by atoms with Crippen LogP contribution in [0.15, 0.2) is 0 Å². The third kappa shape index (κ3) is 2.17. The highest BCUT2D eigenvalue weighted by atomic mass is 14.7. The Kier molecular flexibility index (Phi) is 3.38. The average molecular weight is 261 g/mol. The van der Waals surface area contributed by atoms with Gasteiger partial charge in [0.05, 0.1) is 0 Å². The summed E-state index contributed by atoms with van der Waals surface area (Å²) in [5.41, 5.74) is 6.22. The largest absolute Gasteiger partial charge is 0.328 e. The molecule has 108 valence electrons. The molecule has 0 aromatic heterocycles. The summed E-state index contributed by atoms with van der Waals surface area (Å²) in [6.07, 6.45) is 16.5. The Labute approximate surface area is 118 Å². The van der Waals surface area contributed by atoms with Crippen molar-refractivity contribution < 1.29 is 0 Å². The lowest BCUT2D eigenvalue weighted by molar-refractivity contribution is -0.0432.